The van der Waals surface area contributed by atoms with Crippen LogP contribution in [-0.4, -0.2) is 23.8 Å². The Morgan fingerprint density at radius 1 is 1.14 bits per heavy atom. The predicted molar refractivity (Wildman–Crippen MR) is 88.8 cm³/mol. The predicted octanol–water partition coefficient (Wildman–Crippen LogP) is 3.39. The van der Waals surface area contributed by atoms with Gasteiger partial charge < -0.3 is 15.4 Å². The minimum Gasteiger partial charge on any atom is -0.444 e. The molecule has 0 aliphatic heterocycles. The number of hydrogen-bond acceptors (Lipinski definition) is 3. The Morgan fingerprint density at radius 3 is 2.27 bits per heavy atom. The number of carbonyl (C=O) groups is 1. The van der Waals surface area contributed by atoms with E-state index in [4.69, 9.17) is 4.74 Å². The monoisotopic (exact) mass is 304 g/mol. The number of amides is 1. The van der Waals surface area contributed by atoms with Gasteiger partial charge in [0.15, 0.2) is 0 Å². The number of hydrogen-bond donors (Lipinski definition) is 2. The van der Waals surface area contributed by atoms with E-state index in [1.54, 1.807) is 0 Å². The van der Waals surface area contributed by atoms with E-state index < -0.39 is 5.60 Å². The van der Waals surface area contributed by atoms with Gasteiger partial charge in [-0.05, 0) is 51.2 Å². The van der Waals surface area contributed by atoms with E-state index in [9.17, 15) is 4.79 Å². The second-order valence-electron chi connectivity index (χ2n) is 7.06. The van der Waals surface area contributed by atoms with Gasteiger partial charge in [-0.25, -0.2) is 4.79 Å². The van der Waals surface area contributed by atoms with Gasteiger partial charge in [-0.1, -0.05) is 31.2 Å². The smallest absolute Gasteiger partial charge is 0.407 e. The topological polar surface area (TPSA) is 50.4 Å². The summed E-state index contributed by atoms with van der Waals surface area (Å²) in [6.07, 6.45) is 2.69. The summed E-state index contributed by atoms with van der Waals surface area (Å²) >= 11 is 0. The van der Waals surface area contributed by atoms with Crippen molar-refractivity contribution in [2.75, 3.05) is 0 Å². The first kappa shape index (κ1) is 16.8. The number of ether oxygens (including phenoxy) is 1. The highest BCUT2D eigenvalue weighted by Gasteiger charge is 2.31. The van der Waals surface area contributed by atoms with Crippen molar-refractivity contribution in [2.24, 2.45) is 0 Å². The lowest BCUT2D eigenvalue weighted by atomic mass is 9.86. The van der Waals surface area contributed by atoms with E-state index in [2.05, 4.69) is 41.8 Å². The summed E-state index contributed by atoms with van der Waals surface area (Å²) < 4.78 is 5.26. The molecule has 0 atom stereocenters. The minimum absolute atomic E-state index is 0.231. The average molecular weight is 304 g/mol. The maximum Gasteiger partial charge on any atom is 0.407 e. The Hall–Kier alpha value is -1.55. The van der Waals surface area contributed by atoms with Crippen LogP contribution in [0.15, 0.2) is 24.3 Å². The average Bonchev–Trinajstić information content (AvgIpc) is 2.39. The van der Waals surface area contributed by atoms with Crippen LogP contribution < -0.4 is 10.6 Å². The largest absolute Gasteiger partial charge is 0.444 e. The number of carbonyl (C=O) groups excluding carboxylic acids is 1. The summed E-state index contributed by atoms with van der Waals surface area (Å²) in [5, 5.41) is 6.45. The first-order valence-corrected chi connectivity index (χ1v) is 8.16. The van der Waals surface area contributed by atoms with Crippen molar-refractivity contribution < 1.29 is 9.53 Å². The Morgan fingerprint density at radius 2 is 1.73 bits per heavy atom. The molecule has 1 aromatic rings. The molecule has 0 bridgehead atoms. The Labute approximate surface area is 133 Å². The highest BCUT2D eigenvalue weighted by atomic mass is 16.6. The van der Waals surface area contributed by atoms with Crippen molar-refractivity contribution >= 4 is 6.09 Å². The summed E-state index contributed by atoms with van der Waals surface area (Å²) in [5.41, 5.74) is 2.24. The standard InChI is InChI=1S/C18H28N2O2/c1-5-13-6-8-14(9-7-13)12-19-15-10-16(11-15)20-17(21)22-18(2,3)4/h6-9,15-16,19H,5,10-12H2,1-4H3,(H,20,21). The molecular formula is C18H28N2O2. The molecule has 22 heavy (non-hydrogen) atoms. The van der Waals surface area contributed by atoms with Crippen molar-refractivity contribution in [3.63, 3.8) is 0 Å². The highest BCUT2D eigenvalue weighted by Crippen LogP contribution is 2.21. The lowest BCUT2D eigenvalue weighted by Gasteiger charge is -2.36. The van der Waals surface area contributed by atoms with E-state index in [-0.39, 0.29) is 12.1 Å². The first-order valence-electron chi connectivity index (χ1n) is 8.16. The van der Waals surface area contributed by atoms with Crippen LogP contribution in [0.3, 0.4) is 0 Å². The summed E-state index contributed by atoms with van der Waals surface area (Å²) in [7, 11) is 0. The van der Waals surface area contributed by atoms with Gasteiger partial charge in [-0.2, -0.15) is 0 Å². The number of nitrogens with one attached hydrogen (secondary N) is 2. The molecule has 0 unspecified atom stereocenters. The second-order valence-corrected chi connectivity index (χ2v) is 7.06. The van der Waals surface area contributed by atoms with Gasteiger partial charge >= 0.3 is 6.09 Å². The second kappa shape index (κ2) is 7.14. The minimum atomic E-state index is -0.434. The molecule has 4 nitrogen and oxygen atoms in total. The lowest BCUT2D eigenvalue weighted by Crippen LogP contribution is -2.52. The van der Waals surface area contributed by atoms with E-state index in [1.807, 2.05) is 20.8 Å². The third-order valence-corrected chi connectivity index (χ3v) is 3.89. The van der Waals surface area contributed by atoms with E-state index >= 15 is 0 Å². The van der Waals surface area contributed by atoms with Gasteiger partial charge in [0, 0.05) is 18.6 Å². The molecule has 0 spiro atoms. The van der Waals surface area contributed by atoms with Crippen LogP contribution >= 0.6 is 0 Å². The van der Waals surface area contributed by atoms with E-state index in [0.717, 1.165) is 25.8 Å². The zero-order valence-electron chi connectivity index (χ0n) is 14.1. The van der Waals surface area contributed by atoms with Crippen LogP contribution in [0.25, 0.3) is 0 Å². The van der Waals surface area contributed by atoms with Crippen LogP contribution in [0.5, 0.6) is 0 Å². The zero-order chi connectivity index (χ0) is 16.2. The van der Waals surface area contributed by atoms with Crippen LogP contribution in [0.1, 0.15) is 51.7 Å². The summed E-state index contributed by atoms with van der Waals surface area (Å²) in [6, 6.07) is 9.44. The molecule has 1 amide bonds. The molecule has 0 aromatic heterocycles. The number of rotatable bonds is 5. The highest BCUT2D eigenvalue weighted by molar-refractivity contribution is 5.68. The molecule has 2 N–H and O–H groups in total. The summed E-state index contributed by atoms with van der Waals surface area (Å²) in [6.45, 7) is 8.68. The van der Waals surface area contributed by atoms with Gasteiger partial charge in [0.2, 0.25) is 0 Å². The molecule has 1 saturated carbocycles. The van der Waals surface area contributed by atoms with Gasteiger partial charge in [-0.15, -0.1) is 0 Å². The molecule has 0 saturated heterocycles. The van der Waals surface area contributed by atoms with E-state index in [0.29, 0.717) is 6.04 Å². The molecule has 1 aromatic carbocycles. The van der Waals surface area contributed by atoms with Crippen molar-refractivity contribution in [1.82, 2.24) is 10.6 Å². The van der Waals surface area contributed by atoms with Crippen molar-refractivity contribution in [3.8, 4) is 0 Å². The first-order chi connectivity index (χ1) is 10.4. The Kier molecular flexibility index (Phi) is 5.46. The fourth-order valence-electron chi connectivity index (χ4n) is 2.53. The molecule has 1 aliphatic carbocycles. The summed E-state index contributed by atoms with van der Waals surface area (Å²) in [4.78, 5) is 11.7. The van der Waals surface area contributed by atoms with Gasteiger partial charge in [0.05, 0.1) is 0 Å². The molecule has 0 heterocycles. The Bertz CT molecular complexity index is 485. The molecule has 4 heteroatoms. The maximum atomic E-state index is 11.7. The van der Waals surface area contributed by atoms with Crippen LogP contribution in [0.4, 0.5) is 4.79 Å². The van der Waals surface area contributed by atoms with Crippen LogP contribution in [0.2, 0.25) is 0 Å². The zero-order valence-corrected chi connectivity index (χ0v) is 14.1. The quantitative estimate of drug-likeness (QED) is 0.876. The van der Waals surface area contributed by atoms with Gasteiger partial charge in [0.25, 0.3) is 0 Å². The van der Waals surface area contributed by atoms with Crippen LogP contribution in [-0.2, 0) is 17.7 Å². The molecule has 122 valence electrons. The summed E-state index contributed by atoms with van der Waals surface area (Å²) in [5.74, 6) is 0. The van der Waals surface area contributed by atoms with Crippen molar-refractivity contribution in [1.29, 1.82) is 0 Å². The molecule has 0 radical (unpaired) electrons. The SMILES string of the molecule is CCc1ccc(CNC2CC(NC(=O)OC(C)(C)C)C2)cc1. The maximum absolute atomic E-state index is 11.7. The number of alkyl carbamates (subject to hydrolysis) is 1. The Balaban J connectivity index is 1.64. The van der Waals surface area contributed by atoms with Gasteiger partial charge in [0.1, 0.15) is 5.60 Å². The molecule has 2 rings (SSSR count). The molecular weight excluding hydrogens is 276 g/mol. The molecule has 1 aliphatic rings. The lowest BCUT2D eigenvalue weighted by molar-refractivity contribution is 0.0465. The van der Waals surface area contributed by atoms with Crippen molar-refractivity contribution in [2.45, 2.75) is 71.2 Å². The third-order valence-electron chi connectivity index (χ3n) is 3.89. The third kappa shape index (κ3) is 5.34. The number of benzene rings is 1. The fourth-order valence-corrected chi connectivity index (χ4v) is 2.53. The van der Waals surface area contributed by atoms with E-state index in [1.165, 1.54) is 11.1 Å². The normalized spacial score (nSPS) is 21.1. The van der Waals surface area contributed by atoms with Crippen LogP contribution in [0, 0.1) is 0 Å². The molecule has 1 fully saturated rings. The van der Waals surface area contributed by atoms with Gasteiger partial charge in [-0.3, -0.25) is 0 Å². The van der Waals surface area contributed by atoms with Crippen molar-refractivity contribution in [3.05, 3.63) is 35.4 Å². The fraction of sp³-hybridized carbons (Fsp3) is 0.611. The number of aryl methyl sites for hydroxylation is 1.